The van der Waals surface area contributed by atoms with E-state index >= 15 is 0 Å². The summed E-state index contributed by atoms with van der Waals surface area (Å²) in [5.74, 6) is 0.958. The predicted molar refractivity (Wildman–Crippen MR) is 58.3 cm³/mol. The molecule has 0 unspecified atom stereocenters. The van der Waals surface area contributed by atoms with Crippen LogP contribution in [0.25, 0.3) is 0 Å². The largest absolute Gasteiger partial charge is 0.395 e. The second-order valence-corrected chi connectivity index (χ2v) is 3.78. The summed E-state index contributed by atoms with van der Waals surface area (Å²) in [6, 6.07) is 0.402. The van der Waals surface area contributed by atoms with Gasteiger partial charge in [0.1, 0.15) is 12.2 Å². The fourth-order valence-corrected chi connectivity index (χ4v) is 1.50. The molecule has 15 heavy (non-hydrogen) atoms. The van der Waals surface area contributed by atoms with Crippen LogP contribution in [0.3, 0.4) is 0 Å². The lowest BCUT2D eigenvalue weighted by Crippen LogP contribution is -2.34. The SMILES string of the molecule is CCn1ncnc1CN(CCO)C(C)C. The molecule has 1 aromatic heterocycles. The molecule has 1 heterocycles. The van der Waals surface area contributed by atoms with E-state index in [1.54, 1.807) is 6.33 Å². The van der Waals surface area contributed by atoms with Gasteiger partial charge in [0.05, 0.1) is 13.2 Å². The Morgan fingerprint density at radius 3 is 2.80 bits per heavy atom. The summed E-state index contributed by atoms with van der Waals surface area (Å²) in [6.45, 7) is 8.70. The molecule has 0 fully saturated rings. The Balaban J connectivity index is 2.65. The zero-order valence-corrected chi connectivity index (χ0v) is 9.72. The van der Waals surface area contributed by atoms with Crippen molar-refractivity contribution in [3.63, 3.8) is 0 Å². The van der Waals surface area contributed by atoms with Gasteiger partial charge in [0.2, 0.25) is 0 Å². The van der Waals surface area contributed by atoms with E-state index in [0.717, 1.165) is 18.9 Å². The van der Waals surface area contributed by atoms with Gasteiger partial charge in [-0.05, 0) is 20.8 Å². The predicted octanol–water partition coefficient (Wildman–Crippen LogP) is 0.501. The fraction of sp³-hybridized carbons (Fsp3) is 0.800. The molecule has 0 spiro atoms. The molecule has 86 valence electrons. The molecular weight excluding hydrogens is 192 g/mol. The molecule has 5 heteroatoms. The number of aromatic nitrogens is 3. The van der Waals surface area contributed by atoms with Crippen molar-refractivity contribution < 1.29 is 5.11 Å². The average Bonchev–Trinajstić information content (AvgIpc) is 2.64. The van der Waals surface area contributed by atoms with E-state index in [4.69, 9.17) is 5.11 Å². The molecule has 5 nitrogen and oxygen atoms in total. The molecule has 0 radical (unpaired) electrons. The van der Waals surface area contributed by atoms with Gasteiger partial charge >= 0.3 is 0 Å². The summed E-state index contributed by atoms with van der Waals surface area (Å²) in [6.07, 6.45) is 1.58. The molecule has 0 aliphatic heterocycles. The normalized spacial score (nSPS) is 11.6. The molecule has 0 aromatic carbocycles. The maximum absolute atomic E-state index is 8.96. The first-order valence-electron chi connectivity index (χ1n) is 5.40. The molecule has 0 amide bonds. The molecule has 1 rings (SSSR count). The third-order valence-corrected chi connectivity index (χ3v) is 2.46. The molecular formula is C10H20N4O. The van der Waals surface area contributed by atoms with E-state index in [1.807, 2.05) is 11.6 Å². The third-order valence-electron chi connectivity index (χ3n) is 2.46. The molecule has 0 aliphatic rings. The highest BCUT2D eigenvalue weighted by molar-refractivity contribution is 4.85. The quantitative estimate of drug-likeness (QED) is 0.746. The number of nitrogens with zero attached hydrogens (tertiary/aromatic N) is 4. The molecule has 1 N–H and O–H groups in total. The summed E-state index contributed by atoms with van der Waals surface area (Å²) < 4.78 is 1.88. The van der Waals surface area contributed by atoms with Crippen LogP contribution in [0, 0.1) is 0 Å². The van der Waals surface area contributed by atoms with Crippen LogP contribution in [0.15, 0.2) is 6.33 Å². The second kappa shape index (κ2) is 5.82. The highest BCUT2D eigenvalue weighted by Gasteiger charge is 2.12. The molecule has 0 aliphatic carbocycles. The van der Waals surface area contributed by atoms with Crippen molar-refractivity contribution in [3.05, 3.63) is 12.2 Å². The van der Waals surface area contributed by atoms with E-state index in [2.05, 4.69) is 28.8 Å². The summed E-state index contributed by atoms with van der Waals surface area (Å²) >= 11 is 0. The van der Waals surface area contributed by atoms with Crippen LogP contribution in [0.4, 0.5) is 0 Å². The Bertz CT molecular complexity index is 285. The van der Waals surface area contributed by atoms with Crippen molar-refractivity contribution in [1.29, 1.82) is 0 Å². The smallest absolute Gasteiger partial charge is 0.141 e. The van der Waals surface area contributed by atoms with Crippen molar-refractivity contribution in [2.75, 3.05) is 13.2 Å². The van der Waals surface area contributed by atoms with Crippen molar-refractivity contribution in [2.24, 2.45) is 0 Å². The number of hydrogen-bond donors (Lipinski definition) is 1. The highest BCUT2D eigenvalue weighted by Crippen LogP contribution is 2.05. The lowest BCUT2D eigenvalue weighted by Gasteiger charge is -2.24. The first-order chi connectivity index (χ1) is 7.19. The highest BCUT2D eigenvalue weighted by atomic mass is 16.3. The fourth-order valence-electron chi connectivity index (χ4n) is 1.50. The maximum atomic E-state index is 8.96. The lowest BCUT2D eigenvalue weighted by molar-refractivity contribution is 0.154. The van der Waals surface area contributed by atoms with Crippen LogP contribution >= 0.6 is 0 Å². The van der Waals surface area contributed by atoms with E-state index < -0.39 is 0 Å². The van der Waals surface area contributed by atoms with Crippen LogP contribution in [0.2, 0.25) is 0 Å². The van der Waals surface area contributed by atoms with E-state index in [0.29, 0.717) is 12.6 Å². The van der Waals surface area contributed by atoms with Crippen molar-refractivity contribution in [3.8, 4) is 0 Å². The number of hydrogen-bond acceptors (Lipinski definition) is 4. The Hall–Kier alpha value is -0.940. The van der Waals surface area contributed by atoms with Gasteiger partial charge in [-0.15, -0.1) is 0 Å². The monoisotopic (exact) mass is 212 g/mol. The number of aliphatic hydroxyl groups is 1. The molecule has 0 bridgehead atoms. The summed E-state index contributed by atoms with van der Waals surface area (Å²) in [5.41, 5.74) is 0. The van der Waals surface area contributed by atoms with Gasteiger partial charge in [-0.2, -0.15) is 5.10 Å². The number of rotatable bonds is 6. The second-order valence-electron chi connectivity index (χ2n) is 3.78. The minimum absolute atomic E-state index is 0.179. The minimum Gasteiger partial charge on any atom is -0.395 e. The number of aliphatic hydroxyl groups excluding tert-OH is 1. The molecule has 0 saturated carbocycles. The van der Waals surface area contributed by atoms with Crippen molar-refractivity contribution in [2.45, 2.75) is 39.9 Å². The Kier molecular flexibility index (Phi) is 4.71. The van der Waals surface area contributed by atoms with Crippen LogP contribution in [-0.4, -0.2) is 44.0 Å². The minimum atomic E-state index is 0.179. The van der Waals surface area contributed by atoms with Crippen LogP contribution in [0.1, 0.15) is 26.6 Å². The van der Waals surface area contributed by atoms with Gasteiger partial charge in [0, 0.05) is 19.1 Å². The maximum Gasteiger partial charge on any atom is 0.141 e. The lowest BCUT2D eigenvalue weighted by atomic mass is 10.3. The van der Waals surface area contributed by atoms with Gasteiger partial charge in [0.15, 0.2) is 0 Å². The first-order valence-corrected chi connectivity index (χ1v) is 5.40. The summed E-state index contributed by atoms with van der Waals surface area (Å²) in [4.78, 5) is 6.40. The molecule has 0 atom stereocenters. The first kappa shape index (κ1) is 12.1. The molecule has 0 saturated heterocycles. The van der Waals surface area contributed by atoms with Crippen molar-refractivity contribution >= 4 is 0 Å². The van der Waals surface area contributed by atoms with Gasteiger partial charge in [0.25, 0.3) is 0 Å². The third kappa shape index (κ3) is 3.28. The Morgan fingerprint density at radius 1 is 1.53 bits per heavy atom. The van der Waals surface area contributed by atoms with Crippen molar-refractivity contribution in [1.82, 2.24) is 19.7 Å². The van der Waals surface area contributed by atoms with Crippen LogP contribution < -0.4 is 0 Å². The van der Waals surface area contributed by atoms with Crippen LogP contribution in [0.5, 0.6) is 0 Å². The topological polar surface area (TPSA) is 54.2 Å². The average molecular weight is 212 g/mol. The standard InChI is InChI=1S/C10H20N4O/c1-4-14-10(11-8-12-14)7-13(5-6-15)9(2)3/h8-9,15H,4-7H2,1-3H3. The Labute approximate surface area is 90.7 Å². The van der Waals surface area contributed by atoms with E-state index in [1.165, 1.54) is 0 Å². The molecule has 1 aromatic rings. The van der Waals surface area contributed by atoms with Gasteiger partial charge in [-0.3, -0.25) is 4.90 Å². The van der Waals surface area contributed by atoms with Gasteiger partial charge < -0.3 is 5.11 Å². The van der Waals surface area contributed by atoms with Gasteiger partial charge in [-0.25, -0.2) is 9.67 Å². The zero-order chi connectivity index (χ0) is 11.3. The summed E-state index contributed by atoms with van der Waals surface area (Å²) in [7, 11) is 0. The van der Waals surface area contributed by atoms with E-state index in [-0.39, 0.29) is 6.61 Å². The van der Waals surface area contributed by atoms with Crippen LogP contribution in [-0.2, 0) is 13.1 Å². The number of aryl methyl sites for hydroxylation is 1. The Morgan fingerprint density at radius 2 is 2.27 bits per heavy atom. The zero-order valence-electron chi connectivity index (χ0n) is 9.72. The van der Waals surface area contributed by atoms with E-state index in [9.17, 15) is 0 Å². The van der Waals surface area contributed by atoms with Gasteiger partial charge in [-0.1, -0.05) is 0 Å². The summed E-state index contributed by atoms with van der Waals surface area (Å²) in [5, 5.41) is 13.1.